The van der Waals surface area contributed by atoms with Crippen molar-refractivity contribution in [3.05, 3.63) is 0 Å². The van der Waals surface area contributed by atoms with Gasteiger partial charge in [-0.1, -0.05) is 27.2 Å². The maximum atomic E-state index is 3.91. The van der Waals surface area contributed by atoms with Crippen LogP contribution in [0.2, 0.25) is 0 Å². The first kappa shape index (κ1) is 15.8. The molecule has 4 rings (SSSR count). The first-order valence-corrected chi connectivity index (χ1v) is 9.86. The molecule has 0 aliphatic heterocycles. The molecule has 1 nitrogen and oxygen atoms in total. The fourth-order valence-corrected chi connectivity index (χ4v) is 6.30. The van der Waals surface area contributed by atoms with Gasteiger partial charge in [-0.3, -0.25) is 0 Å². The Morgan fingerprint density at radius 2 is 1.57 bits per heavy atom. The van der Waals surface area contributed by atoms with E-state index in [2.05, 4.69) is 26.1 Å². The normalized spacial score (nSPS) is 40.4. The Kier molecular flexibility index (Phi) is 4.98. The zero-order valence-corrected chi connectivity index (χ0v) is 14.7. The van der Waals surface area contributed by atoms with Crippen LogP contribution in [0.15, 0.2) is 0 Å². The molecule has 2 unspecified atom stereocenters. The quantitative estimate of drug-likeness (QED) is 0.631. The summed E-state index contributed by atoms with van der Waals surface area (Å²) in [5.41, 5.74) is 0.744. The van der Waals surface area contributed by atoms with Crippen LogP contribution in [0.1, 0.15) is 85.0 Å². The summed E-state index contributed by atoms with van der Waals surface area (Å²) in [5.74, 6) is 4.19. The van der Waals surface area contributed by atoms with Crippen LogP contribution >= 0.6 is 0 Å². The molecule has 0 saturated heterocycles. The van der Waals surface area contributed by atoms with Gasteiger partial charge in [0.05, 0.1) is 0 Å². The summed E-state index contributed by atoms with van der Waals surface area (Å²) in [6, 6.07) is 0.788. The lowest BCUT2D eigenvalue weighted by Gasteiger charge is -2.58. The fourth-order valence-electron chi connectivity index (χ4n) is 6.30. The van der Waals surface area contributed by atoms with Gasteiger partial charge in [-0.25, -0.2) is 0 Å². The summed E-state index contributed by atoms with van der Waals surface area (Å²) >= 11 is 0. The van der Waals surface area contributed by atoms with Crippen molar-refractivity contribution in [3.63, 3.8) is 0 Å². The highest BCUT2D eigenvalue weighted by molar-refractivity contribution is 5.02. The molecule has 4 aliphatic carbocycles. The minimum atomic E-state index is 0.744. The maximum absolute atomic E-state index is 3.91. The van der Waals surface area contributed by atoms with E-state index in [-0.39, 0.29) is 0 Å². The summed E-state index contributed by atoms with van der Waals surface area (Å²) in [7, 11) is 0. The van der Waals surface area contributed by atoms with E-state index in [0.717, 1.165) is 35.1 Å². The predicted octanol–water partition coefficient (Wildman–Crippen LogP) is 5.40. The van der Waals surface area contributed by atoms with E-state index in [1.165, 1.54) is 32.2 Å². The Hall–Kier alpha value is -0.0400. The highest BCUT2D eigenvalue weighted by atomic mass is 14.9. The summed E-state index contributed by atoms with van der Waals surface area (Å²) < 4.78 is 0. The minimum absolute atomic E-state index is 0.744. The lowest BCUT2D eigenvalue weighted by Crippen LogP contribution is -2.49. The van der Waals surface area contributed by atoms with Crippen LogP contribution in [-0.4, -0.2) is 12.6 Å². The highest BCUT2D eigenvalue weighted by Crippen LogP contribution is 2.61. The zero-order valence-electron chi connectivity index (χ0n) is 14.7. The van der Waals surface area contributed by atoms with Crippen LogP contribution in [0.4, 0.5) is 0 Å². The number of hydrogen-bond donors (Lipinski definition) is 1. The Bertz CT molecular complexity index is 299. The minimum Gasteiger partial charge on any atom is -0.314 e. The lowest BCUT2D eigenvalue weighted by atomic mass is 9.48. The van der Waals surface area contributed by atoms with Crippen molar-refractivity contribution in [1.82, 2.24) is 5.32 Å². The molecule has 4 bridgehead atoms. The number of rotatable bonds is 8. The van der Waals surface area contributed by atoms with Gasteiger partial charge < -0.3 is 5.32 Å². The Labute approximate surface area is 132 Å². The van der Waals surface area contributed by atoms with Gasteiger partial charge in [0.1, 0.15) is 0 Å². The van der Waals surface area contributed by atoms with Crippen LogP contribution < -0.4 is 5.32 Å². The van der Waals surface area contributed by atoms with Gasteiger partial charge in [0.2, 0.25) is 0 Å². The average molecular weight is 292 g/mol. The van der Waals surface area contributed by atoms with E-state index in [1.807, 2.05) is 0 Å². The first-order chi connectivity index (χ1) is 10.1. The molecule has 4 saturated carbocycles. The van der Waals surface area contributed by atoms with Gasteiger partial charge in [-0.15, -0.1) is 0 Å². The molecule has 21 heavy (non-hydrogen) atoms. The summed E-state index contributed by atoms with van der Waals surface area (Å²) in [4.78, 5) is 0. The molecule has 4 fully saturated rings. The van der Waals surface area contributed by atoms with E-state index in [1.54, 1.807) is 38.5 Å². The topological polar surface area (TPSA) is 12.0 Å². The van der Waals surface area contributed by atoms with Crippen LogP contribution in [-0.2, 0) is 0 Å². The molecule has 122 valence electrons. The van der Waals surface area contributed by atoms with Crippen LogP contribution in [0, 0.1) is 29.1 Å². The van der Waals surface area contributed by atoms with Gasteiger partial charge in [-0.2, -0.15) is 0 Å². The standard InChI is InChI=1S/C20H37N/c1-4-6-21-19(7-15(3)5-2)14-20-11-16-8-17(12-20)10-18(9-16)13-20/h15-19,21H,4-14H2,1-3H3. The average Bonchev–Trinajstić information content (AvgIpc) is 2.42. The number of hydrogen-bond acceptors (Lipinski definition) is 1. The third-order valence-electron chi connectivity index (χ3n) is 6.91. The second-order valence-electron chi connectivity index (χ2n) is 9.02. The molecular weight excluding hydrogens is 254 g/mol. The van der Waals surface area contributed by atoms with Gasteiger partial charge in [0.25, 0.3) is 0 Å². The van der Waals surface area contributed by atoms with Crippen molar-refractivity contribution in [1.29, 1.82) is 0 Å². The Balaban J connectivity index is 1.63. The third-order valence-corrected chi connectivity index (χ3v) is 6.91. The molecule has 0 heterocycles. The summed E-state index contributed by atoms with van der Waals surface area (Å²) in [6.45, 7) is 8.32. The smallest absolute Gasteiger partial charge is 0.00748 e. The van der Waals surface area contributed by atoms with Crippen molar-refractivity contribution in [2.45, 2.75) is 91.0 Å². The lowest BCUT2D eigenvalue weighted by molar-refractivity contribution is -0.0629. The van der Waals surface area contributed by atoms with Crippen molar-refractivity contribution >= 4 is 0 Å². The molecule has 4 aliphatic rings. The molecule has 0 radical (unpaired) electrons. The zero-order chi connectivity index (χ0) is 14.9. The third kappa shape index (κ3) is 3.66. The van der Waals surface area contributed by atoms with Crippen molar-refractivity contribution in [3.8, 4) is 0 Å². The summed E-state index contributed by atoms with van der Waals surface area (Å²) in [6.07, 6.45) is 15.0. The first-order valence-electron chi connectivity index (χ1n) is 9.86. The Morgan fingerprint density at radius 3 is 2.05 bits per heavy atom. The monoisotopic (exact) mass is 291 g/mol. The molecule has 0 amide bonds. The second kappa shape index (κ2) is 6.60. The van der Waals surface area contributed by atoms with Crippen LogP contribution in [0.25, 0.3) is 0 Å². The van der Waals surface area contributed by atoms with E-state index in [0.29, 0.717) is 0 Å². The van der Waals surface area contributed by atoms with Gasteiger partial charge in [0, 0.05) is 6.04 Å². The van der Waals surface area contributed by atoms with E-state index < -0.39 is 0 Å². The molecule has 0 aromatic carbocycles. The predicted molar refractivity (Wildman–Crippen MR) is 91.4 cm³/mol. The number of nitrogens with one attached hydrogen (secondary N) is 1. The SMILES string of the molecule is CCCNC(CC(C)CC)CC12CC3CC(CC(C3)C1)C2. The molecular formula is C20H37N. The van der Waals surface area contributed by atoms with Crippen molar-refractivity contribution < 1.29 is 0 Å². The van der Waals surface area contributed by atoms with Gasteiger partial charge >= 0.3 is 0 Å². The fraction of sp³-hybridized carbons (Fsp3) is 1.00. The molecule has 2 atom stereocenters. The van der Waals surface area contributed by atoms with Crippen LogP contribution in [0.3, 0.4) is 0 Å². The largest absolute Gasteiger partial charge is 0.314 e. The Morgan fingerprint density at radius 1 is 1.00 bits per heavy atom. The maximum Gasteiger partial charge on any atom is 0.00748 e. The van der Waals surface area contributed by atoms with Crippen molar-refractivity contribution in [2.24, 2.45) is 29.1 Å². The molecule has 0 aromatic heterocycles. The van der Waals surface area contributed by atoms with Crippen molar-refractivity contribution in [2.75, 3.05) is 6.54 Å². The molecule has 0 aromatic rings. The highest BCUT2D eigenvalue weighted by Gasteiger charge is 2.51. The molecule has 1 N–H and O–H groups in total. The second-order valence-corrected chi connectivity index (χ2v) is 9.02. The molecule has 0 spiro atoms. The van der Waals surface area contributed by atoms with E-state index >= 15 is 0 Å². The van der Waals surface area contributed by atoms with E-state index in [4.69, 9.17) is 0 Å². The summed E-state index contributed by atoms with van der Waals surface area (Å²) in [5, 5.41) is 3.91. The van der Waals surface area contributed by atoms with Gasteiger partial charge in [-0.05, 0) is 93.4 Å². The van der Waals surface area contributed by atoms with Crippen LogP contribution in [0.5, 0.6) is 0 Å². The van der Waals surface area contributed by atoms with E-state index in [9.17, 15) is 0 Å². The van der Waals surface area contributed by atoms with Gasteiger partial charge in [0.15, 0.2) is 0 Å². The molecule has 1 heteroatoms.